The first-order valence-corrected chi connectivity index (χ1v) is 8.29. The molecule has 0 radical (unpaired) electrons. The summed E-state index contributed by atoms with van der Waals surface area (Å²) >= 11 is 1.27. The van der Waals surface area contributed by atoms with Crippen LogP contribution in [0, 0.1) is 0 Å². The highest BCUT2D eigenvalue weighted by atomic mass is 32.2. The van der Waals surface area contributed by atoms with Crippen LogP contribution in [-0.2, 0) is 4.79 Å². The van der Waals surface area contributed by atoms with Gasteiger partial charge < -0.3 is 16.8 Å². The number of nitrogen functional groups attached to an aromatic ring is 2. The zero-order chi connectivity index (χ0) is 16.8. The molecule has 2 atom stereocenters. The molecule has 0 fully saturated rings. The van der Waals surface area contributed by atoms with E-state index >= 15 is 0 Å². The molecule has 23 heavy (non-hydrogen) atoms. The lowest BCUT2D eigenvalue weighted by molar-refractivity contribution is -0.121. The third-order valence-electron chi connectivity index (χ3n) is 3.31. The van der Waals surface area contributed by atoms with Crippen molar-refractivity contribution in [1.29, 1.82) is 0 Å². The van der Waals surface area contributed by atoms with Crippen LogP contribution in [0.5, 0.6) is 0 Å². The SMILES string of the molecule is CC[C@H](Sc1nc(N)cc(N)n1)C(=O)N[C@@H](C)c1ccccc1. The third kappa shape index (κ3) is 4.85. The van der Waals surface area contributed by atoms with Gasteiger partial charge in [0.25, 0.3) is 0 Å². The molecule has 2 rings (SSSR count). The van der Waals surface area contributed by atoms with E-state index in [1.54, 1.807) is 0 Å². The molecule has 0 bridgehead atoms. The summed E-state index contributed by atoms with van der Waals surface area (Å²) in [6.45, 7) is 3.90. The number of nitrogens with zero attached hydrogens (tertiary/aromatic N) is 2. The van der Waals surface area contributed by atoms with E-state index in [2.05, 4.69) is 15.3 Å². The van der Waals surface area contributed by atoms with Crippen molar-refractivity contribution in [2.24, 2.45) is 0 Å². The molecule has 0 saturated carbocycles. The van der Waals surface area contributed by atoms with Gasteiger partial charge in [-0.3, -0.25) is 4.79 Å². The third-order valence-corrected chi connectivity index (χ3v) is 4.54. The lowest BCUT2D eigenvalue weighted by Gasteiger charge is -2.19. The van der Waals surface area contributed by atoms with E-state index in [0.717, 1.165) is 5.56 Å². The number of amides is 1. The van der Waals surface area contributed by atoms with E-state index in [9.17, 15) is 4.79 Å². The molecule has 0 aliphatic heterocycles. The minimum Gasteiger partial charge on any atom is -0.383 e. The summed E-state index contributed by atoms with van der Waals surface area (Å²) in [6, 6.07) is 11.2. The number of aromatic nitrogens is 2. The summed E-state index contributed by atoms with van der Waals surface area (Å²) in [5, 5.41) is 3.13. The zero-order valence-electron chi connectivity index (χ0n) is 13.2. The Balaban J connectivity index is 2.03. The minimum atomic E-state index is -0.303. The molecule has 6 nitrogen and oxygen atoms in total. The molecule has 1 aromatic carbocycles. The normalized spacial score (nSPS) is 13.3. The summed E-state index contributed by atoms with van der Waals surface area (Å²) in [7, 11) is 0. The van der Waals surface area contributed by atoms with Crippen LogP contribution in [-0.4, -0.2) is 21.1 Å². The van der Waals surface area contributed by atoms with Crippen LogP contribution in [0.25, 0.3) is 0 Å². The number of benzene rings is 1. The molecule has 5 N–H and O–H groups in total. The van der Waals surface area contributed by atoms with Gasteiger partial charge in [0.1, 0.15) is 11.6 Å². The predicted octanol–water partition coefficient (Wildman–Crippen LogP) is 2.39. The Morgan fingerprint density at radius 2 is 1.83 bits per heavy atom. The zero-order valence-corrected chi connectivity index (χ0v) is 14.0. The number of nitrogens with one attached hydrogen (secondary N) is 1. The lowest BCUT2D eigenvalue weighted by Crippen LogP contribution is -2.34. The number of thioether (sulfide) groups is 1. The van der Waals surface area contributed by atoms with Gasteiger partial charge in [-0.25, -0.2) is 9.97 Å². The van der Waals surface area contributed by atoms with Gasteiger partial charge in [0, 0.05) is 6.07 Å². The number of carbonyl (C=O) groups excluding carboxylic acids is 1. The van der Waals surface area contributed by atoms with E-state index in [0.29, 0.717) is 23.2 Å². The highest BCUT2D eigenvalue weighted by molar-refractivity contribution is 8.00. The van der Waals surface area contributed by atoms with Crippen LogP contribution in [0.3, 0.4) is 0 Å². The first kappa shape index (κ1) is 17.1. The molecule has 7 heteroatoms. The topological polar surface area (TPSA) is 107 Å². The highest BCUT2D eigenvalue weighted by Crippen LogP contribution is 2.25. The van der Waals surface area contributed by atoms with Crippen molar-refractivity contribution in [2.75, 3.05) is 11.5 Å². The number of hydrogen-bond acceptors (Lipinski definition) is 6. The Morgan fingerprint density at radius 3 is 2.39 bits per heavy atom. The Kier molecular flexibility index (Phi) is 5.81. The van der Waals surface area contributed by atoms with E-state index in [4.69, 9.17) is 11.5 Å². The molecule has 0 saturated heterocycles. The Hall–Kier alpha value is -2.28. The smallest absolute Gasteiger partial charge is 0.234 e. The summed E-state index contributed by atoms with van der Waals surface area (Å²) in [4.78, 5) is 20.7. The molecule has 122 valence electrons. The van der Waals surface area contributed by atoms with Gasteiger partial charge >= 0.3 is 0 Å². The van der Waals surface area contributed by atoms with Gasteiger partial charge in [-0.15, -0.1) is 0 Å². The maximum absolute atomic E-state index is 12.5. The van der Waals surface area contributed by atoms with Crippen molar-refractivity contribution in [1.82, 2.24) is 15.3 Å². The van der Waals surface area contributed by atoms with Crippen LogP contribution in [0.15, 0.2) is 41.6 Å². The van der Waals surface area contributed by atoms with Crippen molar-refractivity contribution < 1.29 is 4.79 Å². The number of anilines is 2. The molecule has 1 aromatic heterocycles. The van der Waals surface area contributed by atoms with Crippen LogP contribution < -0.4 is 16.8 Å². The Labute approximate surface area is 140 Å². The summed E-state index contributed by atoms with van der Waals surface area (Å²) in [5.74, 6) is 0.541. The predicted molar refractivity (Wildman–Crippen MR) is 93.8 cm³/mol. The lowest BCUT2D eigenvalue weighted by atomic mass is 10.1. The molecule has 0 unspecified atom stereocenters. The molecule has 1 heterocycles. The van der Waals surface area contributed by atoms with Gasteiger partial charge in [-0.1, -0.05) is 49.0 Å². The van der Waals surface area contributed by atoms with Crippen molar-refractivity contribution >= 4 is 29.3 Å². The van der Waals surface area contributed by atoms with Gasteiger partial charge in [0.15, 0.2) is 5.16 Å². The molecular formula is C16H21N5OS. The van der Waals surface area contributed by atoms with Crippen molar-refractivity contribution in [3.8, 4) is 0 Å². The molecule has 1 amide bonds. The average Bonchev–Trinajstić information content (AvgIpc) is 2.52. The van der Waals surface area contributed by atoms with Crippen LogP contribution >= 0.6 is 11.8 Å². The minimum absolute atomic E-state index is 0.0570. The second kappa shape index (κ2) is 7.82. The standard InChI is InChI=1S/C16H21N5OS/c1-3-12(23-16-20-13(17)9-14(18)21-16)15(22)19-10(2)11-7-5-4-6-8-11/h4-10,12H,3H2,1-2H3,(H,19,22)(H4,17,18,20,21)/t10-,12-/m0/s1. The van der Waals surface area contributed by atoms with Gasteiger partial charge in [0.2, 0.25) is 5.91 Å². The van der Waals surface area contributed by atoms with E-state index < -0.39 is 0 Å². The fraction of sp³-hybridized carbons (Fsp3) is 0.312. The van der Waals surface area contributed by atoms with E-state index in [1.165, 1.54) is 17.8 Å². The summed E-state index contributed by atoms with van der Waals surface area (Å²) in [5.41, 5.74) is 12.4. The Bertz CT molecular complexity index is 645. The van der Waals surface area contributed by atoms with Gasteiger partial charge in [-0.2, -0.15) is 0 Å². The Morgan fingerprint density at radius 1 is 1.22 bits per heavy atom. The largest absolute Gasteiger partial charge is 0.383 e. The highest BCUT2D eigenvalue weighted by Gasteiger charge is 2.21. The number of hydrogen-bond donors (Lipinski definition) is 3. The second-order valence-electron chi connectivity index (χ2n) is 5.16. The fourth-order valence-corrected chi connectivity index (χ4v) is 3.01. The monoisotopic (exact) mass is 331 g/mol. The van der Waals surface area contributed by atoms with E-state index in [1.807, 2.05) is 44.2 Å². The van der Waals surface area contributed by atoms with Crippen molar-refractivity contribution in [3.05, 3.63) is 42.0 Å². The molecule has 2 aromatic rings. The maximum atomic E-state index is 12.5. The maximum Gasteiger partial charge on any atom is 0.234 e. The molecule has 0 aliphatic carbocycles. The quantitative estimate of drug-likeness (QED) is 0.554. The second-order valence-corrected chi connectivity index (χ2v) is 6.33. The van der Waals surface area contributed by atoms with Crippen LogP contribution in [0.4, 0.5) is 11.6 Å². The molecule has 0 aliphatic rings. The van der Waals surface area contributed by atoms with Crippen molar-refractivity contribution in [2.45, 2.75) is 36.7 Å². The van der Waals surface area contributed by atoms with Crippen LogP contribution in [0.1, 0.15) is 31.9 Å². The molecule has 0 spiro atoms. The first-order valence-electron chi connectivity index (χ1n) is 7.41. The number of carbonyl (C=O) groups is 1. The molecular weight excluding hydrogens is 310 g/mol. The first-order chi connectivity index (χ1) is 11.0. The number of nitrogens with two attached hydrogens (primary N) is 2. The fourth-order valence-electron chi connectivity index (χ4n) is 2.10. The average molecular weight is 331 g/mol. The summed E-state index contributed by atoms with van der Waals surface area (Å²) < 4.78 is 0. The van der Waals surface area contributed by atoms with Crippen LogP contribution in [0.2, 0.25) is 0 Å². The number of rotatable bonds is 6. The van der Waals surface area contributed by atoms with Crippen molar-refractivity contribution in [3.63, 3.8) is 0 Å². The van der Waals surface area contributed by atoms with E-state index in [-0.39, 0.29) is 17.2 Å². The van der Waals surface area contributed by atoms with Gasteiger partial charge in [-0.05, 0) is 18.9 Å². The van der Waals surface area contributed by atoms with Gasteiger partial charge in [0.05, 0.1) is 11.3 Å². The summed E-state index contributed by atoms with van der Waals surface area (Å²) in [6.07, 6.45) is 0.649.